The van der Waals surface area contributed by atoms with E-state index in [0.717, 1.165) is 16.7 Å². The standard InChI is InChI=1S/C18H17NO4S/c20-17(21)16-9-15(8-14-6-7-24-12-14)10-19(16)18(22)23-11-13-4-2-1-3-5-13/h1-8,12,16H,9-11H2,(H,20,21)/t16-/m0/s1. The van der Waals surface area contributed by atoms with Crippen molar-refractivity contribution < 1.29 is 19.4 Å². The van der Waals surface area contributed by atoms with E-state index < -0.39 is 18.1 Å². The summed E-state index contributed by atoms with van der Waals surface area (Å²) in [7, 11) is 0. The second-order valence-corrected chi connectivity index (χ2v) is 6.37. The average molecular weight is 343 g/mol. The minimum Gasteiger partial charge on any atom is -0.480 e. The number of carboxylic acid groups (broad SMARTS) is 1. The molecule has 6 heteroatoms. The molecule has 0 spiro atoms. The van der Waals surface area contributed by atoms with Gasteiger partial charge in [-0.2, -0.15) is 11.3 Å². The van der Waals surface area contributed by atoms with Crippen LogP contribution in [0, 0.1) is 0 Å². The van der Waals surface area contributed by atoms with Crippen molar-refractivity contribution in [1.82, 2.24) is 4.90 Å². The van der Waals surface area contributed by atoms with Gasteiger partial charge in [-0.05, 0) is 33.5 Å². The molecule has 1 saturated heterocycles. The number of benzene rings is 1. The number of carboxylic acids is 1. The first-order valence-electron chi connectivity index (χ1n) is 7.55. The Bertz CT molecular complexity index is 740. The minimum absolute atomic E-state index is 0.131. The summed E-state index contributed by atoms with van der Waals surface area (Å²) in [5.74, 6) is -1.01. The number of ether oxygens (including phenoxy) is 1. The third-order valence-electron chi connectivity index (χ3n) is 3.84. The monoisotopic (exact) mass is 343 g/mol. The SMILES string of the molecule is O=C(O)[C@@H]1CC(=Cc2ccsc2)CN1C(=O)OCc1ccccc1. The van der Waals surface area contributed by atoms with Crippen LogP contribution < -0.4 is 0 Å². The number of nitrogens with zero attached hydrogens (tertiary/aromatic N) is 1. The number of carbonyl (C=O) groups excluding carboxylic acids is 1. The highest BCUT2D eigenvalue weighted by Gasteiger charge is 2.37. The lowest BCUT2D eigenvalue weighted by Crippen LogP contribution is -2.40. The minimum atomic E-state index is -1.01. The van der Waals surface area contributed by atoms with Crippen LogP contribution >= 0.6 is 11.3 Å². The van der Waals surface area contributed by atoms with E-state index in [1.165, 1.54) is 4.90 Å². The van der Waals surface area contributed by atoms with Crippen LogP contribution in [0.15, 0.2) is 52.7 Å². The maximum Gasteiger partial charge on any atom is 0.411 e. The van der Waals surface area contributed by atoms with Gasteiger partial charge in [0.05, 0.1) is 0 Å². The lowest BCUT2D eigenvalue weighted by atomic mass is 10.1. The van der Waals surface area contributed by atoms with Crippen molar-refractivity contribution in [1.29, 1.82) is 0 Å². The number of rotatable bonds is 4. The van der Waals surface area contributed by atoms with Gasteiger partial charge in [0.15, 0.2) is 0 Å². The molecule has 1 atom stereocenters. The summed E-state index contributed by atoms with van der Waals surface area (Å²) in [5.41, 5.74) is 2.81. The predicted octanol–water partition coefficient (Wildman–Crippen LogP) is 3.63. The van der Waals surface area contributed by atoms with Gasteiger partial charge in [-0.25, -0.2) is 9.59 Å². The number of carbonyl (C=O) groups is 2. The molecule has 0 radical (unpaired) electrons. The van der Waals surface area contributed by atoms with Gasteiger partial charge in [-0.3, -0.25) is 4.90 Å². The molecule has 24 heavy (non-hydrogen) atoms. The van der Waals surface area contributed by atoms with E-state index in [0.29, 0.717) is 6.42 Å². The zero-order valence-electron chi connectivity index (χ0n) is 12.9. The molecule has 1 fully saturated rings. The van der Waals surface area contributed by atoms with Gasteiger partial charge in [-0.1, -0.05) is 36.4 Å². The summed E-state index contributed by atoms with van der Waals surface area (Å²) in [6.45, 7) is 0.409. The number of likely N-dealkylation sites (tertiary alicyclic amines) is 1. The summed E-state index contributed by atoms with van der Waals surface area (Å²) >= 11 is 1.58. The van der Waals surface area contributed by atoms with E-state index in [9.17, 15) is 14.7 Å². The second-order valence-electron chi connectivity index (χ2n) is 5.59. The van der Waals surface area contributed by atoms with Crippen molar-refractivity contribution in [2.75, 3.05) is 6.54 Å². The molecule has 1 aromatic carbocycles. The van der Waals surface area contributed by atoms with Crippen molar-refractivity contribution in [3.63, 3.8) is 0 Å². The van der Waals surface area contributed by atoms with Gasteiger partial charge >= 0.3 is 12.1 Å². The van der Waals surface area contributed by atoms with Gasteiger partial charge in [-0.15, -0.1) is 0 Å². The largest absolute Gasteiger partial charge is 0.480 e. The Morgan fingerprint density at radius 3 is 2.75 bits per heavy atom. The van der Waals surface area contributed by atoms with Gasteiger partial charge in [0.2, 0.25) is 0 Å². The van der Waals surface area contributed by atoms with Crippen LogP contribution in [0.5, 0.6) is 0 Å². The Kier molecular flexibility index (Phi) is 4.96. The van der Waals surface area contributed by atoms with Crippen LogP contribution in [0.2, 0.25) is 0 Å². The Morgan fingerprint density at radius 2 is 2.08 bits per heavy atom. The van der Waals surface area contributed by atoms with E-state index >= 15 is 0 Å². The first-order chi connectivity index (χ1) is 11.6. The average Bonchev–Trinajstić information content (AvgIpc) is 3.24. The maximum absolute atomic E-state index is 12.3. The third-order valence-corrected chi connectivity index (χ3v) is 4.55. The van der Waals surface area contributed by atoms with Crippen molar-refractivity contribution >= 4 is 29.5 Å². The second kappa shape index (κ2) is 7.31. The van der Waals surface area contributed by atoms with E-state index in [-0.39, 0.29) is 13.2 Å². The molecular formula is C18H17NO4S. The first kappa shape index (κ1) is 16.3. The fourth-order valence-corrected chi connectivity index (χ4v) is 3.28. The van der Waals surface area contributed by atoms with Gasteiger partial charge in [0, 0.05) is 13.0 Å². The molecule has 1 amide bonds. The lowest BCUT2D eigenvalue weighted by Gasteiger charge is -2.20. The van der Waals surface area contributed by atoms with Crippen LogP contribution in [0.3, 0.4) is 0 Å². The molecule has 1 N–H and O–H groups in total. The molecule has 5 nitrogen and oxygen atoms in total. The number of aliphatic carboxylic acids is 1. The number of hydrogen-bond acceptors (Lipinski definition) is 4. The Morgan fingerprint density at radius 1 is 1.29 bits per heavy atom. The Balaban J connectivity index is 1.68. The molecule has 1 aromatic heterocycles. The summed E-state index contributed by atoms with van der Waals surface area (Å²) in [6.07, 6.45) is 1.67. The molecule has 1 aliphatic heterocycles. The molecular weight excluding hydrogens is 326 g/mol. The van der Waals surface area contributed by atoms with Crippen LogP contribution in [0.1, 0.15) is 17.5 Å². The van der Waals surface area contributed by atoms with E-state index in [2.05, 4.69) is 0 Å². The zero-order chi connectivity index (χ0) is 16.9. The molecule has 1 aliphatic rings. The van der Waals surface area contributed by atoms with E-state index in [4.69, 9.17) is 4.74 Å². The third kappa shape index (κ3) is 3.83. The molecule has 0 aliphatic carbocycles. The van der Waals surface area contributed by atoms with Crippen LogP contribution in [-0.2, 0) is 16.1 Å². The summed E-state index contributed by atoms with van der Waals surface area (Å²) < 4.78 is 5.27. The Labute approximate surface area is 143 Å². The summed E-state index contributed by atoms with van der Waals surface area (Å²) in [4.78, 5) is 25.0. The summed E-state index contributed by atoms with van der Waals surface area (Å²) in [6, 6.07) is 10.4. The molecule has 0 unspecified atom stereocenters. The van der Waals surface area contributed by atoms with Crippen molar-refractivity contribution in [3.8, 4) is 0 Å². The predicted molar refractivity (Wildman–Crippen MR) is 91.7 cm³/mol. The number of amides is 1. The van der Waals surface area contributed by atoms with Crippen molar-refractivity contribution in [3.05, 3.63) is 63.9 Å². The molecule has 2 aromatic rings. The quantitative estimate of drug-likeness (QED) is 0.920. The normalized spacial score (nSPS) is 18.8. The highest BCUT2D eigenvalue weighted by atomic mass is 32.1. The highest BCUT2D eigenvalue weighted by Crippen LogP contribution is 2.26. The molecule has 3 rings (SSSR count). The first-order valence-corrected chi connectivity index (χ1v) is 8.49. The molecule has 124 valence electrons. The topological polar surface area (TPSA) is 66.8 Å². The highest BCUT2D eigenvalue weighted by molar-refractivity contribution is 7.08. The molecule has 0 saturated carbocycles. The van der Waals surface area contributed by atoms with Crippen molar-refractivity contribution in [2.45, 2.75) is 19.1 Å². The fourth-order valence-electron chi connectivity index (χ4n) is 2.66. The van der Waals surface area contributed by atoms with Crippen LogP contribution in [0.4, 0.5) is 4.79 Å². The van der Waals surface area contributed by atoms with Gasteiger partial charge < -0.3 is 9.84 Å². The zero-order valence-corrected chi connectivity index (χ0v) is 13.7. The summed E-state index contributed by atoms with van der Waals surface area (Å²) in [5, 5.41) is 13.3. The van der Waals surface area contributed by atoms with Crippen LogP contribution in [-0.4, -0.2) is 34.7 Å². The van der Waals surface area contributed by atoms with E-state index in [1.54, 1.807) is 11.3 Å². The van der Waals surface area contributed by atoms with Crippen LogP contribution in [0.25, 0.3) is 6.08 Å². The smallest absolute Gasteiger partial charge is 0.411 e. The van der Waals surface area contributed by atoms with Gasteiger partial charge in [0.25, 0.3) is 0 Å². The lowest BCUT2D eigenvalue weighted by molar-refractivity contribution is -0.141. The Hall–Kier alpha value is -2.60. The fraction of sp³-hybridized carbons (Fsp3) is 0.222. The van der Waals surface area contributed by atoms with E-state index in [1.807, 2.05) is 53.2 Å². The number of hydrogen-bond donors (Lipinski definition) is 1. The van der Waals surface area contributed by atoms with Gasteiger partial charge in [0.1, 0.15) is 12.6 Å². The number of thiophene rings is 1. The van der Waals surface area contributed by atoms with Crippen molar-refractivity contribution in [2.24, 2.45) is 0 Å². The molecule has 2 heterocycles. The maximum atomic E-state index is 12.3. The molecule has 0 bridgehead atoms.